The van der Waals surface area contributed by atoms with E-state index >= 15 is 0 Å². The maximum Gasteiger partial charge on any atom is 0.416 e. The number of halogens is 6. The van der Waals surface area contributed by atoms with Crippen LogP contribution in [0.15, 0.2) is 24.3 Å². The molecular weight excluding hydrogens is 400 g/mol. The van der Waals surface area contributed by atoms with Crippen LogP contribution in [0.25, 0.3) is 0 Å². The predicted molar refractivity (Wildman–Crippen MR) is 93.1 cm³/mol. The maximum absolute atomic E-state index is 13.2. The molecule has 0 aromatic heterocycles. The van der Waals surface area contributed by atoms with Crippen molar-refractivity contribution in [2.75, 3.05) is 19.7 Å². The van der Waals surface area contributed by atoms with Gasteiger partial charge in [0, 0.05) is 19.0 Å². The van der Waals surface area contributed by atoms with Crippen molar-refractivity contribution in [1.82, 2.24) is 4.90 Å². The van der Waals surface area contributed by atoms with Gasteiger partial charge in [0.25, 0.3) is 0 Å². The minimum atomic E-state index is -4.44. The van der Waals surface area contributed by atoms with E-state index in [1.807, 2.05) is 0 Å². The molecule has 3 nitrogen and oxygen atoms in total. The molecule has 1 heterocycles. The summed E-state index contributed by atoms with van der Waals surface area (Å²) in [5, 5.41) is 0. The van der Waals surface area contributed by atoms with Crippen LogP contribution in [0.4, 0.5) is 26.3 Å². The molecule has 2 aliphatic rings. The maximum atomic E-state index is 13.2. The summed E-state index contributed by atoms with van der Waals surface area (Å²) in [6.07, 6.45) is -8.27. The molecule has 0 N–H and O–H groups in total. The summed E-state index contributed by atoms with van der Waals surface area (Å²) < 4.78 is 81.0. The largest absolute Gasteiger partial charge is 0.416 e. The van der Waals surface area contributed by atoms with Gasteiger partial charge in [0.15, 0.2) is 6.10 Å². The smallest absolute Gasteiger partial charge is 0.369 e. The first-order valence-corrected chi connectivity index (χ1v) is 9.59. The highest BCUT2D eigenvalue weighted by Gasteiger charge is 2.49. The van der Waals surface area contributed by atoms with Gasteiger partial charge in [-0.15, -0.1) is 0 Å². The summed E-state index contributed by atoms with van der Waals surface area (Å²) in [7, 11) is 0. The molecule has 0 radical (unpaired) electrons. The van der Waals surface area contributed by atoms with Crippen molar-refractivity contribution in [3.8, 4) is 0 Å². The van der Waals surface area contributed by atoms with Crippen LogP contribution in [-0.4, -0.2) is 42.8 Å². The second-order valence-electron chi connectivity index (χ2n) is 7.93. The second-order valence-corrected chi connectivity index (χ2v) is 7.93. The SMILES string of the molecule is CC(OCC1CCN(C(=O)C2(c3ccc(C(F)(F)F)cc3)CCC2)C1)C(F)(F)F. The fourth-order valence-corrected chi connectivity index (χ4v) is 3.97. The molecule has 2 fully saturated rings. The number of ether oxygens (including phenoxy) is 1. The van der Waals surface area contributed by atoms with E-state index in [9.17, 15) is 31.1 Å². The highest BCUT2D eigenvalue weighted by atomic mass is 19.4. The number of carbonyl (C=O) groups excluding carboxylic acids is 1. The van der Waals surface area contributed by atoms with Crippen LogP contribution in [0.1, 0.15) is 43.7 Å². The molecule has 1 aliphatic heterocycles. The van der Waals surface area contributed by atoms with Crippen LogP contribution in [0.5, 0.6) is 0 Å². The first kappa shape index (κ1) is 21.9. The molecule has 3 rings (SSSR count). The van der Waals surface area contributed by atoms with Gasteiger partial charge in [0.2, 0.25) is 5.91 Å². The van der Waals surface area contributed by atoms with Crippen molar-refractivity contribution < 1.29 is 35.9 Å². The summed E-state index contributed by atoms with van der Waals surface area (Å²) in [5.41, 5.74) is -1.04. The van der Waals surface area contributed by atoms with Crippen LogP contribution in [0, 0.1) is 5.92 Å². The fraction of sp³-hybridized carbons (Fsp3) is 0.650. The predicted octanol–water partition coefficient (Wildman–Crippen LogP) is 4.94. The van der Waals surface area contributed by atoms with Crippen molar-refractivity contribution in [2.24, 2.45) is 5.92 Å². The Morgan fingerprint density at radius 1 is 1.17 bits per heavy atom. The molecule has 9 heteroatoms. The van der Waals surface area contributed by atoms with Crippen LogP contribution in [0.3, 0.4) is 0 Å². The Balaban J connectivity index is 1.64. The average Bonchev–Trinajstić information content (AvgIpc) is 3.06. The average molecular weight is 423 g/mol. The number of hydrogen-bond donors (Lipinski definition) is 0. The first-order valence-electron chi connectivity index (χ1n) is 9.59. The highest BCUT2D eigenvalue weighted by molar-refractivity contribution is 5.89. The summed E-state index contributed by atoms with van der Waals surface area (Å²) >= 11 is 0. The summed E-state index contributed by atoms with van der Waals surface area (Å²) in [6.45, 7) is 1.57. The number of benzene rings is 1. The number of hydrogen-bond acceptors (Lipinski definition) is 2. The van der Waals surface area contributed by atoms with Gasteiger partial charge >= 0.3 is 12.4 Å². The Bertz CT molecular complexity index is 724. The van der Waals surface area contributed by atoms with Gasteiger partial charge in [-0.05, 0) is 43.9 Å². The van der Waals surface area contributed by atoms with Gasteiger partial charge in [0.1, 0.15) is 0 Å². The Labute approximate surface area is 165 Å². The number of carbonyl (C=O) groups is 1. The molecule has 1 aromatic rings. The summed E-state index contributed by atoms with van der Waals surface area (Å²) in [5.74, 6) is -0.344. The Morgan fingerprint density at radius 3 is 2.28 bits per heavy atom. The third-order valence-corrected chi connectivity index (χ3v) is 6.00. The van der Waals surface area contributed by atoms with Gasteiger partial charge < -0.3 is 9.64 Å². The molecule has 1 saturated carbocycles. The third kappa shape index (κ3) is 4.54. The lowest BCUT2D eigenvalue weighted by atomic mass is 9.63. The minimum absolute atomic E-state index is 0.0856. The van der Waals surface area contributed by atoms with E-state index in [1.54, 1.807) is 4.90 Å². The van der Waals surface area contributed by atoms with Crippen molar-refractivity contribution in [1.29, 1.82) is 0 Å². The van der Waals surface area contributed by atoms with E-state index in [1.165, 1.54) is 12.1 Å². The number of alkyl halides is 6. The number of amides is 1. The molecule has 1 amide bonds. The quantitative estimate of drug-likeness (QED) is 0.628. The van der Waals surface area contributed by atoms with E-state index < -0.39 is 29.4 Å². The second kappa shape index (κ2) is 7.81. The minimum Gasteiger partial charge on any atom is -0.369 e. The van der Waals surface area contributed by atoms with Crippen molar-refractivity contribution in [2.45, 2.75) is 56.5 Å². The van der Waals surface area contributed by atoms with Crippen LogP contribution < -0.4 is 0 Å². The molecular formula is C20H23F6NO2. The van der Waals surface area contributed by atoms with Crippen LogP contribution >= 0.6 is 0 Å². The van der Waals surface area contributed by atoms with Crippen LogP contribution in [-0.2, 0) is 21.1 Å². The molecule has 162 valence electrons. The number of rotatable bonds is 5. The lowest BCUT2D eigenvalue weighted by Gasteiger charge is -2.43. The summed E-state index contributed by atoms with van der Waals surface area (Å²) in [4.78, 5) is 14.8. The fourth-order valence-electron chi connectivity index (χ4n) is 3.97. The Hall–Kier alpha value is -1.77. The van der Waals surface area contributed by atoms with E-state index in [4.69, 9.17) is 4.74 Å². The molecule has 0 bridgehead atoms. The van der Waals surface area contributed by atoms with Gasteiger partial charge in [-0.1, -0.05) is 18.6 Å². The van der Waals surface area contributed by atoms with Crippen molar-refractivity contribution in [3.05, 3.63) is 35.4 Å². The zero-order valence-electron chi connectivity index (χ0n) is 15.9. The molecule has 1 aliphatic carbocycles. The van der Waals surface area contributed by atoms with Crippen LogP contribution in [0.2, 0.25) is 0 Å². The van der Waals surface area contributed by atoms with E-state index in [2.05, 4.69) is 0 Å². The lowest BCUT2D eigenvalue weighted by Crippen LogP contribution is -2.50. The Morgan fingerprint density at radius 2 is 1.79 bits per heavy atom. The van der Waals surface area contributed by atoms with Gasteiger partial charge in [-0.2, -0.15) is 26.3 Å². The highest BCUT2D eigenvalue weighted by Crippen LogP contribution is 2.46. The van der Waals surface area contributed by atoms with Gasteiger partial charge in [0.05, 0.1) is 17.6 Å². The molecule has 29 heavy (non-hydrogen) atoms. The Kier molecular flexibility index (Phi) is 5.91. The first-order chi connectivity index (χ1) is 13.4. The normalized spacial score (nSPS) is 23.0. The summed E-state index contributed by atoms with van der Waals surface area (Å²) in [6, 6.07) is 4.70. The monoisotopic (exact) mass is 423 g/mol. The van der Waals surface area contributed by atoms with E-state index in [0.29, 0.717) is 37.9 Å². The molecule has 2 atom stereocenters. The standard InChI is InChI=1S/C20H23F6NO2/c1-13(19(21,22)23)29-12-14-7-10-27(11-14)17(28)18(8-2-9-18)15-3-5-16(6-4-15)20(24,25)26/h3-6,13-14H,2,7-12H2,1H3. The topological polar surface area (TPSA) is 29.5 Å². The number of likely N-dealkylation sites (tertiary alicyclic amines) is 1. The molecule has 1 aromatic carbocycles. The van der Waals surface area contributed by atoms with E-state index in [-0.39, 0.29) is 18.4 Å². The lowest BCUT2D eigenvalue weighted by molar-refractivity contribution is -0.216. The van der Waals surface area contributed by atoms with Crippen molar-refractivity contribution in [3.63, 3.8) is 0 Å². The molecule has 2 unspecified atom stereocenters. The molecule has 0 spiro atoms. The number of nitrogens with zero attached hydrogens (tertiary/aromatic N) is 1. The van der Waals surface area contributed by atoms with E-state index in [0.717, 1.165) is 25.5 Å². The van der Waals surface area contributed by atoms with Gasteiger partial charge in [-0.3, -0.25) is 4.79 Å². The zero-order chi connectivity index (χ0) is 21.4. The van der Waals surface area contributed by atoms with Crippen molar-refractivity contribution >= 4 is 5.91 Å². The molecule has 1 saturated heterocycles. The third-order valence-electron chi connectivity index (χ3n) is 6.00. The zero-order valence-corrected chi connectivity index (χ0v) is 15.9. The van der Waals surface area contributed by atoms with Gasteiger partial charge in [-0.25, -0.2) is 0 Å².